The third-order valence-electron chi connectivity index (χ3n) is 2.31. The first-order valence-electron chi connectivity index (χ1n) is 5.16. The molecule has 0 unspecified atom stereocenters. The van der Waals surface area contributed by atoms with Crippen LogP contribution in [0.1, 0.15) is 19.4 Å². The lowest BCUT2D eigenvalue weighted by Crippen LogP contribution is -2.30. The molecule has 1 aromatic rings. The quantitative estimate of drug-likeness (QED) is 0.791. The number of hydrogen-bond donors (Lipinski definition) is 1. The molecule has 0 aliphatic carbocycles. The van der Waals surface area contributed by atoms with Gasteiger partial charge in [-0.2, -0.15) is 0 Å². The minimum atomic E-state index is 0.0899. The van der Waals surface area contributed by atoms with Crippen molar-refractivity contribution in [3.05, 3.63) is 33.8 Å². The van der Waals surface area contributed by atoms with Gasteiger partial charge in [-0.15, -0.1) is 11.6 Å². The largest absolute Gasteiger partial charge is 0.312 e. The minimum absolute atomic E-state index is 0.0899. The van der Waals surface area contributed by atoms with Crippen LogP contribution in [0.15, 0.2) is 18.2 Å². The molecule has 0 fully saturated rings. The van der Waals surface area contributed by atoms with Crippen molar-refractivity contribution < 1.29 is 0 Å². The first-order valence-corrected chi connectivity index (χ1v) is 6.45. The molecule has 1 nitrogen and oxygen atoms in total. The molecule has 0 atom stereocenters. The third kappa shape index (κ3) is 4.14. The molecule has 4 heteroatoms. The zero-order valence-electron chi connectivity index (χ0n) is 9.49. The Bertz CT molecular complexity index is 350. The van der Waals surface area contributed by atoms with Gasteiger partial charge in [0.2, 0.25) is 0 Å². The van der Waals surface area contributed by atoms with Gasteiger partial charge >= 0.3 is 0 Å². The number of hydrogen-bond acceptors (Lipinski definition) is 1. The van der Waals surface area contributed by atoms with Gasteiger partial charge in [-0.05, 0) is 17.0 Å². The molecule has 1 rings (SSSR count). The smallest absolute Gasteiger partial charge is 0.0637 e. The number of rotatable bonds is 5. The molecule has 0 saturated carbocycles. The van der Waals surface area contributed by atoms with E-state index in [2.05, 4.69) is 19.2 Å². The molecule has 0 heterocycles. The van der Waals surface area contributed by atoms with Crippen LogP contribution in [0.3, 0.4) is 0 Å². The SMILES string of the molecule is CC(C)(CCl)CNCc1cccc(Cl)c1Cl. The first-order chi connectivity index (χ1) is 7.46. The van der Waals surface area contributed by atoms with Gasteiger partial charge < -0.3 is 5.32 Å². The van der Waals surface area contributed by atoms with E-state index in [1.165, 1.54) is 0 Å². The topological polar surface area (TPSA) is 12.0 Å². The Morgan fingerprint density at radius 1 is 1.25 bits per heavy atom. The van der Waals surface area contributed by atoms with E-state index in [1.54, 1.807) is 6.07 Å². The maximum absolute atomic E-state index is 6.08. The molecule has 0 bridgehead atoms. The highest BCUT2D eigenvalue weighted by molar-refractivity contribution is 6.42. The normalized spacial score (nSPS) is 11.8. The van der Waals surface area contributed by atoms with Crippen molar-refractivity contribution in [2.75, 3.05) is 12.4 Å². The summed E-state index contributed by atoms with van der Waals surface area (Å²) in [5, 5.41) is 4.55. The van der Waals surface area contributed by atoms with E-state index >= 15 is 0 Å². The van der Waals surface area contributed by atoms with Crippen LogP contribution in [0.2, 0.25) is 10.0 Å². The van der Waals surface area contributed by atoms with Crippen LogP contribution < -0.4 is 5.32 Å². The molecule has 0 aromatic heterocycles. The number of benzene rings is 1. The Morgan fingerprint density at radius 2 is 1.94 bits per heavy atom. The van der Waals surface area contributed by atoms with Gasteiger partial charge in [-0.25, -0.2) is 0 Å². The van der Waals surface area contributed by atoms with Crippen molar-refractivity contribution in [2.45, 2.75) is 20.4 Å². The second-order valence-electron chi connectivity index (χ2n) is 4.61. The lowest BCUT2D eigenvalue weighted by Gasteiger charge is -2.22. The summed E-state index contributed by atoms with van der Waals surface area (Å²) in [7, 11) is 0. The summed E-state index contributed by atoms with van der Waals surface area (Å²) in [6.45, 7) is 5.79. The van der Waals surface area contributed by atoms with E-state index < -0.39 is 0 Å². The fourth-order valence-electron chi connectivity index (χ4n) is 1.27. The zero-order chi connectivity index (χ0) is 12.2. The molecule has 0 radical (unpaired) electrons. The Labute approximate surface area is 112 Å². The van der Waals surface area contributed by atoms with E-state index in [0.717, 1.165) is 12.1 Å². The summed E-state index contributed by atoms with van der Waals surface area (Å²) in [5.74, 6) is 0.628. The predicted octanol–water partition coefficient (Wildman–Crippen LogP) is 4.35. The van der Waals surface area contributed by atoms with Gasteiger partial charge in [0.25, 0.3) is 0 Å². The van der Waals surface area contributed by atoms with Crippen LogP contribution in [0.5, 0.6) is 0 Å². The van der Waals surface area contributed by atoms with Crippen LogP contribution >= 0.6 is 34.8 Å². The molecular formula is C12H16Cl3N. The van der Waals surface area contributed by atoms with Gasteiger partial charge in [0.15, 0.2) is 0 Å². The fourth-order valence-corrected chi connectivity index (χ4v) is 1.75. The van der Waals surface area contributed by atoms with Crippen LogP contribution in [-0.4, -0.2) is 12.4 Å². The van der Waals surface area contributed by atoms with Crippen molar-refractivity contribution in [2.24, 2.45) is 5.41 Å². The van der Waals surface area contributed by atoms with Gasteiger partial charge in [0.05, 0.1) is 10.0 Å². The van der Waals surface area contributed by atoms with E-state index in [0.29, 0.717) is 22.5 Å². The zero-order valence-corrected chi connectivity index (χ0v) is 11.8. The van der Waals surface area contributed by atoms with Crippen molar-refractivity contribution in [1.82, 2.24) is 5.32 Å². The summed E-state index contributed by atoms with van der Waals surface area (Å²) in [6.07, 6.45) is 0. The number of alkyl halides is 1. The van der Waals surface area contributed by atoms with Crippen molar-refractivity contribution in [1.29, 1.82) is 0 Å². The Morgan fingerprint density at radius 3 is 2.56 bits per heavy atom. The standard InChI is InChI=1S/C12H16Cl3N/c1-12(2,7-13)8-16-6-9-4-3-5-10(14)11(9)15/h3-5,16H,6-8H2,1-2H3. The molecule has 1 N–H and O–H groups in total. The molecule has 16 heavy (non-hydrogen) atoms. The van der Waals surface area contributed by atoms with Gasteiger partial charge in [0.1, 0.15) is 0 Å². The van der Waals surface area contributed by atoms with Crippen molar-refractivity contribution >= 4 is 34.8 Å². The molecule has 0 saturated heterocycles. The number of nitrogens with one attached hydrogen (secondary N) is 1. The van der Waals surface area contributed by atoms with Crippen LogP contribution in [0.4, 0.5) is 0 Å². The Hall–Kier alpha value is 0.0500. The predicted molar refractivity (Wildman–Crippen MR) is 72.7 cm³/mol. The Balaban J connectivity index is 2.53. The first kappa shape index (κ1) is 14.1. The molecule has 0 aliphatic heterocycles. The van der Waals surface area contributed by atoms with Crippen LogP contribution in [0.25, 0.3) is 0 Å². The van der Waals surface area contributed by atoms with Gasteiger partial charge in [0, 0.05) is 19.0 Å². The maximum atomic E-state index is 6.08. The monoisotopic (exact) mass is 279 g/mol. The van der Waals surface area contributed by atoms with E-state index in [4.69, 9.17) is 34.8 Å². The summed E-state index contributed by atoms with van der Waals surface area (Å²) in [5.41, 5.74) is 1.10. The number of halogens is 3. The van der Waals surface area contributed by atoms with Crippen molar-refractivity contribution in [3.8, 4) is 0 Å². The minimum Gasteiger partial charge on any atom is -0.312 e. The highest BCUT2D eigenvalue weighted by atomic mass is 35.5. The maximum Gasteiger partial charge on any atom is 0.0637 e. The van der Waals surface area contributed by atoms with Crippen LogP contribution in [-0.2, 0) is 6.54 Å². The molecule has 90 valence electrons. The van der Waals surface area contributed by atoms with E-state index in [1.807, 2.05) is 12.1 Å². The lowest BCUT2D eigenvalue weighted by atomic mass is 9.96. The summed E-state index contributed by atoms with van der Waals surface area (Å²) in [4.78, 5) is 0. The highest BCUT2D eigenvalue weighted by Crippen LogP contribution is 2.25. The van der Waals surface area contributed by atoms with E-state index in [-0.39, 0.29) is 5.41 Å². The molecule has 0 aliphatic rings. The molecule has 1 aromatic carbocycles. The summed E-state index contributed by atoms with van der Waals surface area (Å²) >= 11 is 17.9. The summed E-state index contributed by atoms with van der Waals surface area (Å²) in [6, 6.07) is 5.66. The second-order valence-corrected chi connectivity index (χ2v) is 5.67. The van der Waals surface area contributed by atoms with Gasteiger partial charge in [-0.1, -0.05) is 49.2 Å². The van der Waals surface area contributed by atoms with E-state index in [9.17, 15) is 0 Å². The fraction of sp³-hybridized carbons (Fsp3) is 0.500. The average Bonchev–Trinajstić information content (AvgIpc) is 2.24. The summed E-state index contributed by atoms with van der Waals surface area (Å²) < 4.78 is 0. The third-order valence-corrected chi connectivity index (χ3v) is 3.89. The van der Waals surface area contributed by atoms with Crippen molar-refractivity contribution in [3.63, 3.8) is 0 Å². The lowest BCUT2D eigenvalue weighted by molar-refractivity contribution is 0.385. The van der Waals surface area contributed by atoms with Gasteiger partial charge in [-0.3, -0.25) is 0 Å². The van der Waals surface area contributed by atoms with Crippen LogP contribution in [0, 0.1) is 5.41 Å². The average molecular weight is 281 g/mol. The highest BCUT2D eigenvalue weighted by Gasteiger charge is 2.15. The second kappa shape index (κ2) is 6.11. The Kier molecular flexibility index (Phi) is 5.39. The molecule has 0 spiro atoms. The molecule has 0 amide bonds. The molecular weight excluding hydrogens is 264 g/mol.